The van der Waals surface area contributed by atoms with Crippen LogP contribution in [0.1, 0.15) is 24.8 Å². The van der Waals surface area contributed by atoms with Crippen molar-refractivity contribution in [1.82, 2.24) is 0 Å². The second-order valence-corrected chi connectivity index (χ2v) is 6.36. The average Bonchev–Trinajstić information content (AvgIpc) is 2.54. The van der Waals surface area contributed by atoms with Crippen LogP contribution in [0.5, 0.6) is 0 Å². The smallest absolute Gasteiger partial charge is 0.123 e. The van der Waals surface area contributed by atoms with Gasteiger partial charge in [0.25, 0.3) is 0 Å². The third-order valence-electron chi connectivity index (χ3n) is 3.59. The van der Waals surface area contributed by atoms with E-state index in [0.717, 1.165) is 29.1 Å². The number of benzene rings is 1. The molecule has 0 spiro atoms. The first-order valence-electron chi connectivity index (χ1n) is 7.81. The summed E-state index contributed by atoms with van der Waals surface area (Å²) in [5.74, 6) is 1.60. The quantitative estimate of drug-likeness (QED) is 0.361. The Labute approximate surface area is 143 Å². The molecule has 0 amide bonds. The van der Waals surface area contributed by atoms with Crippen LogP contribution >= 0.6 is 11.8 Å². The van der Waals surface area contributed by atoms with Gasteiger partial charge in [0.2, 0.25) is 0 Å². The summed E-state index contributed by atoms with van der Waals surface area (Å²) < 4.78 is 13.4. The van der Waals surface area contributed by atoms with Crippen LogP contribution in [0.2, 0.25) is 0 Å². The van der Waals surface area contributed by atoms with Crippen LogP contribution in [-0.2, 0) is 0 Å². The Hall–Kier alpha value is -1.58. The normalized spacial score (nSPS) is 14.2. The minimum absolute atomic E-state index is 0.0923. The molecule has 1 rings (SSSR count). The maximum atomic E-state index is 13.4. The van der Waals surface area contributed by atoms with Crippen molar-refractivity contribution in [2.24, 2.45) is 5.73 Å². The Balaban J connectivity index is 2.52. The molecule has 2 atom stereocenters. The molecule has 0 bridgehead atoms. The Morgan fingerprint density at radius 2 is 2.13 bits per heavy atom. The van der Waals surface area contributed by atoms with Crippen LogP contribution in [0.25, 0.3) is 0 Å². The average molecular weight is 331 g/mol. The maximum Gasteiger partial charge on any atom is 0.123 e. The molecule has 1 aromatic carbocycles. The summed E-state index contributed by atoms with van der Waals surface area (Å²) in [4.78, 5) is 0. The van der Waals surface area contributed by atoms with E-state index in [4.69, 9.17) is 5.73 Å². The van der Waals surface area contributed by atoms with E-state index in [1.165, 1.54) is 6.07 Å². The standard InChI is InChI=1S/C20H26FNS/c1-4-6-7-8-9-13-23-15-20(22)16(3)19(5-2)17-11-10-12-18(21)14-17/h4,6-12,14,19-20H,1,3,5,13,15,22H2,2H3/b7-6-,9-8-. The summed E-state index contributed by atoms with van der Waals surface area (Å²) in [5.41, 5.74) is 8.19. The number of rotatable bonds is 10. The van der Waals surface area contributed by atoms with Gasteiger partial charge in [-0.2, -0.15) is 11.8 Å². The molecular weight excluding hydrogens is 305 g/mol. The fourth-order valence-corrected chi connectivity index (χ4v) is 3.19. The molecule has 0 fully saturated rings. The second kappa shape index (κ2) is 11.0. The molecule has 0 radical (unpaired) electrons. The van der Waals surface area contributed by atoms with Crippen molar-refractivity contribution < 1.29 is 4.39 Å². The minimum atomic E-state index is -0.214. The van der Waals surface area contributed by atoms with Gasteiger partial charge in [-0.1, -0.05) is 68.2 Å². The van der Waals surface area contributed by atoms with Gasteiger partial charge in [0.15, 0.2) is 0 Å². The maximum absolute atomic E-state index is 13.4. The second-order valence-electron chi connectivity index (χ2n) is 5.28. The fourth-order valence-electron chi connectivity index (χ4n) is 2.34. The molecule has 1 aromatic rings. The van der Waals surface area contributed by atoms with Crippen molar-refractivity contribution in [2.45, 2.75) is 25.3 Å². The van der Waals surface area contributed by atoms with Gasteiger partial charge >= 0.3 is 0 Å². The van der Waals surface area contributed by atoms with E-state index in [0.29, 0.717) is 0 Å². The SMILES string of the molecule is C=C/C=C\C=C/CSCC(N)C(=C)C(CC)c1cccc(F)c1. The van der Waals surface area contributed by atoms with Crippen LogP contribution in [0.3, 0.4) is 0 Å². The molecule has 0 aromatic heterocycles. The Kier molecular flexibility index (Phi) is 9.34. The lowest BCUT2D eigenvalue weighted by molar-refractivity contribution is 0.618. The first-order valence-corrected chi connectivity index (χ1v) is 8.97. The summed E-state index contributed by atoms with van der Waals surface area (Å²) in [6.45, 7) is 9.87. The molecule has 23 heavy (non-hydrogen) atoms. The van der Waals surface area contributed by atoms with Crippen molar-refractivity contribution in [1.29, 1.82) is 0 Å². The summed E-state index contributed by atoms with van der Waals surface area (Å²) in [7, 11) is 0. The first kappa shape index (κ1) is 19.5. The van der Waals surface area contributed by atoms with Crippen molar-refractivity contribution in [2.75, 3.05) is 11.5 Å². The third-order valence-corrected chi connectivity index (χ3v) is 4.61. The van der Waals surface area contributed by atoms with Gasteiger partial charge in [-0.3, -0.25) is 0 Å². The molecule has 0 aliphatic rings. The van der Waals surface area contributed by atoms with Crippen LogP contribution in [0, 0.1) is 5.82 Å². The first-order chi connectivity index (χ1) is 11.1. The molecule has 124 valence electrons. The highest BCUT2D eigenvalue weighted by Crippen LogP contribution is 2.29. The number of hydrogen-bond acceptors (Lipinski definition) is 2. The zero-order valence-electron chi connectivity index (χ0n) is 13.7. The molecule has 0 saturated carbocycles. The van der Waals surface area contributed by atoms with Crippen LogP contribution in [0.15, 0.2) is 73.4 Å². The summed E-state index contributed by atoms with van der Waals surface area (Å²) in [6.07, 6.45) is 10.5. The van der Waals surface area contributed by atoms with E-state index in [2.05, 4.69) is 26.2 Å². The molecule has 3 heteroatoms. The largest absolute Gasteiger partial charge is 0.324 e. The summed E-state index contributed by atoms with van der Waals surface area (Å²) in [6, 6.07) is 6.63. The molecule has 2 N–H and O–H groups in total. The number of thioether (sulfide) groups is 1. The highest BCUT2D eigenvalue weighted by Gasteiger charge is 2.19. The molecular formula is C20H26FNS. The Morgan fingerprint density at radius 3 is 2.78 bits per heavy atom. The number of halogens is 1. The van der Waals surface area contributed by atoms with Crippen LogP contribution in [-0.4, -0.2) is 17.5 Å². The molecule has 0 heterocycles. The highest BCUT2D eigenvalue weighted by molar-refractivity contribution is 7.99. The van der Waals surface area contributed by atoms with E-state index in [1.54, 1.807) is 30.0 Å². The highest BCUT2D eigenvalue weighted by atomic mass is 32.2. The molecule has 0 saturated heterocycles. The third kappa shape index (κ3) is 7.02. The van der Waals surface area contributed by atoms with Gasteiger partial charge in [0.1, 0.15) is 5.82 Å². The van der Waals surface area contributed by atoms with E-state index >= 15 is 0 Å². The van der Waals surface area contributed by atoms with E-state index in [9.17, 15) is 4.39 Å². The number of hydrogen-bond donors (Lipinski definition) is 1. The van der Waals surface area contributed by atoms with Crippen molar-refractivity contribution in [3.05, 3.63) is 84.8 Å². The number of nitrogens with two attached hydrogens (primary N) is 1. The Morgan fingerprint density at radius 1 is 1.35 bits per heavy atom. The van der Waals surface area contributed by atoms with Crippen molar-refractivity contribution in [3.63, 3.8) is 0 Å². The van der Waals surface area contributed by atoms with Gasteiger partial charge in [0.05, 0.1) is 0 Å². The van der Waals surface area contributed by atoms with Crippen LogP contribution < -0.4 is 5.73 Å². The fraction of sp³-hybridized carbons (Fsp3) is 0.300. The zero-order chi connectivity index (χ0) is 17.1. The van der Waals surface area contributed by atoms with E-state index in [1.807, 2.05) is 24.3 Å². The van der Waals surface area contributed by atoms with Crippen LogP contribution in [0.4, 0.5) is 4.39 Å². The van der Waals surface area contributed by atoms with E-state index < -0.39 is 0 Å². The molecule has 0 aliphatic heterocycles. The molecule has 0 aliphatic carbocycles. The Bertz CT molecular complexity index is 563. The lowest BCUT2D eigenvalue weighted by Crippen LogP contribution is -2.28. The topological polar surface area (TPSA) is 26.0 Å². The summed E-state index contributed by atoms with van der Waals surface area (Å²) >= 11 is 1.77. The number of allylic oxidation sites excluding steroid dienone is 4. The van der Waals surface area contributed by atoms with Crippen molar-refractivity contribution in [3.8, 4) is 0 Å². The zero-order valence-corrected chi connectivity index (χ0v) is 14.6. The molecule has 1 nitrogen and oxygen atoms in total. The predicted octanol–water partition coefficient (Wildman–Crippen LogP) is 5.23. The van der Waals surface area contributed by atoms with Gasteiger partial charge < -0.3 is 5.73 Å². The van der Waals surface area contributed by atoms with E-state index in [-0.39, 0.29) is 17.8 Å². The summed E-state index contributed by atoms with van der Waals surface area (Å²) in [5, 5.41) is 0. The lowest BCUT2D eigenvalue weighted by atomic mass is 9.86. The van der Waals surface area contributed by atoms with Gasteiger partial charge in [-0.05, 0) is 24.1 Å². The monoisotopic (exact) mass is 331 g/mol. The van der Waals surface area contributed by atoms with Crippen molar-refractivity contribution >= 4 is 11.8 Å². The van der Waals surface area contributed by atoms with Gasteiger partial charge in [0, 0.05) is 23.5 Å². The van der Waals surface area contributed by atoms with Gasteiger partial charge in [-0.15, -0.1) is 0 Å². The van der Waals surface area contributed by atoms with Gasteiger partial charge in [-0.25, -0.2) is 4.39 Å². The minimum Gasteiger partial charge on any atom is -0.324 e. The lowest BCUT2D eigenvalue weighted by Gasteiger charge is -2.23. The molecule has 2 unspecified atom stereocenters. The predicted molar refractivity (Wildman–Crippen MR) is 102 cm³/mol.